The molecular formula is C18H18F4O3S. The van der Waals surface area contributed by atoms with Crippen LogP contribution >= 0.6 is 10.9 Å². The molecule has 0 bridgehead atoms. The fraction of sp³-hybridized carbons (Fsp3) is 0.333. The van der Waals surface area contributed by atoms with Gasteiger partial charge in [0.05, 0.1) is 15.9 Å². The van der Waals surface area contributed by atoms with E-state index < -0.39 is 45.0 Å². The van der Waals surface area contributed by atoms with Crippen LogP contribution in [0.4, 0.5) is 17.6 Å². The molecular weight excluding hydrogens is 372 g/mol. The van der Waals surface area contributed by atoms with E-state index in [2.05, 4.69) is 0 Å². The third-order valence-electron chi connectivity index (χ3n) is 4.16. The highest BCUT2D eigenvalue weighted by molar-refractivity contribution is 8.24. The number of hydrogen-bond acceptors (Lipinski definition) is 2. The number of hydrogen-bond donors (Lipinski definition) is 2. The molecule has 8 heteroatoms. The van der Waals surface area contributed by atoms with Crippen molar-refractivity contribution < 1.29 is 32.3 Å². The first kappa shape index (κ1) is 20.2. The molecule has 0 aliphatic carbocycles. The van der Waals surface area contributed by atoms with Gasteiger partial charge in [0.25, 0.3) is 0 Å². The maximum atomic E-state index is 13.8. The molecule has 1 aromatic rings. The number of rotatable bonds is 6. The summed E-state index contributed by atoms with van der Waals surface area (Å²) in [4.78, 5) is 23.4. The number of carboxylic acids is 1. The molecule has 1 atom stereocenters. The lowest BCUT2D eigenvalue weighted by molar-refractivity contribution is -0.139. The van der Waals surface area contributed by atoms with E-state index in [-0.39, 0.29) is 18.4 Å². The molecule has 26 heavy (non-hydrogen) atoms. The number of Topliss-reactive ketones (excluding diaryl/α,β-unsaturated/α-hetero) is 1. The van der Waals surface area contributed by atoms with Gasteiger partial charge in [-0.2, -0.15) is 24.1 Å². The van der Waals surface area contributed by atoms with Gasteiger partial charge in [0.15, 0.2) is 5.78 Å². The molecule has 1 heterocycles. The summed E-state index contributed by atoms with van der Waals surface area (Å²) in [5, 5.41) is 12.8. The Hall–Kier alpha value is -2.09. The van der Waals surface area contributed by atoms with Crippen molar-refractivity contribution in [3.63, 3.8) is 0 Å². The average Bonchev–Trinajstić information content (AvgIpc) is 3.01. The molecule has 1 unspecified atom stereocenters. The van der Waals surface area contributed by atoms with Crippen molar-refractivity contribution in [2.75, 3.05) is 0 Å². The molecule has 0 fully saturated rings. The molecule has 1 aliphatic heterocycles. The fourth-order valence-electron chi connectivity index (χ4n) is 2.36. The molecule has 0 aromatic heterocycles. The number of halogens is 4. The number of aliphatic carboxylic acids is 1. The Labute approximate surface area is 150 Å². The molecule has 0 saturated heterocycles. The summed E-state index contributed by atoms with van der Waals surface area (Å²) in [6.45, 7) is 3.24. The molecule has 1 N–H and O–H groups in total. The van der Waals surface area contributed by atoms with Crippen molar-refractivity contribution >= 4 is 22.6 Å². The Bertz CT molecular complexity index is 794. The van der Waals surface area contributed by atoms with Gasteiger partial charge < -0.3 is 5.11 Å². The normalized spacial score (nSPS) is 18.7. The Kier molecular flexibility index (Phi) is 5.65. The number of carbonyl (C=O) groups excluding carboxylic acids is 1. The topological polar surface area (TPSA) is 54.4 Å². The van der Waals surface area contributed by atoms with Crippen LogP contribution in [0.5, 0.6) is 0 Å². The van der Waals surface area contributed by atoms with Crippen LogP contribution in [0.25, 0.3) is 0 Å². The predicted octanol–water partition coefficient (Wildman–Crippen LogP) is 5.08. The van der Waals surface area contributed by atoms with E-state index in [0.717, 1.165) is 11.6 Å². The first-order valence-corrected chi connectivity index (χ1v) is 9.21. The van der Waals surface area contributed by atoms with E-state index in [9.17, 15) is 32.3 Å². The number of benzene rings is 1. The van der Waals surface area contributed by atoms with Gasteiger partial charge in [0.2, 0.25) is 0 Å². The minimum atomic E-state index is -4.67. The highest BCUT2D eigenvalue weighted by atomic mass is 32.2. The number of allylic oxidation sites excluding steroid dienone is 2. The molecule has 2 rings (SSSR count). The molecule has 0 saturated carbocycles. The summed E-state index contributed by atoms with van der Waals surface area (Å²) in [5.41, 5.74) is -0.755. The van der Waals surface area contributed by atoms with Crippen LogP contribution in [0.2, 0.25) is 0 Å². The SMILES string of the molecule is CC(C)(C(=O)O)[SH]1C=CC(CCC(=O)c2ccc(C(F)(F)F)cc2F)=C1. The van der Waals surface area contributed by atoms with E-state index in [4.69, 9.17) is 0 Å². The van der Waals surface area contributed by atoms with Gasteiger partial charge in [-0.3, -0.25) is 9.59 Å². The van der Waals surface area contributed by atoms with E-state index in [1.165, 1.54) is 0 Å². The van der Waals surface area contributed by atoms with Crippen molar-refractivity contribution in [3.8, 4) is 0 Å². The van der Waals surface area contributed by atoms with Crippen LogP contribution in [0.3, 0.4) is 0 Å². The van der Waals surface area contributed by atoms with Crippen molar-refractivity contribution in [2.45, 2.75) is 37.6 Å². The monoisotopic (exact) mass is 390 g/mol. The van der Waals surface area contributed by atoms with Crippen LogP contribution < -0.4 is 0 Å². The molecule has 3 nitrogen and oxygen atoms in total. The molecule has 1 aromatic carbocycles. The smallest absolute Gasteiger partial charge is 0.416 e. The summed E-state index contributed by atoms with van der Waals surface area (Å²) in [6, 6.07) is 1.84. The molecule has 142 valence electrons. The largest absolute Gasteiger partial charge is 0.480 e. The Morgan fingerprint density at radius 1 is 1.19 bits per heavy atom. The lowest BCUT2D eigenvalue weighted by Gasteiger charge is -2.27. The van der Waals surface area contributed by atoms with E-state index in [0.29, 0.717) is 12.1 Å². The van der Waals surface area contributed by atoms with Gasteiger partial charge in [0, 0.05) is 6.42 Å². The van der Waals surface area contributed by atoms with Crippen molar-refractivity contribution in [1.82, 2.24) is 0 Å². The summed E-state index contributed by atoms with van der Waals surface area (Å²) in [7, 11) is -1.03. The van der Waals surface area contributed by atoms with Gasteiger partial charge in [0.1, 0.15) is 5.82 Å². The van der Waals surface area contributed by atoms with E-state index >= 15 is 0 Å². The standard InChI is InChI=1S/C18H18F4O3S/c1-17(2,16(24)25)26-8-7-11(10-26)3-6-15(23)13-5-4-12(9-14(13)19)18(20,21)22/h4-5,7-10,26H,3,6H2,1-2H3,(H,24,25). The third kappa shape index (κ3) is 4.35. The highest BCUT2D eigenvalue weighted by Crippen LogP contribution is 2.48. The maximum absolute atomic E-state index is 13.8. The summed E-state index contributed by atoms with van der Waals surface area (Å²) >= 11 is 0. The van der Waals surface area contributed by atoms with Gasteiger partial charge >= 0.3 is 12.1 Å². The lowest BCUT2D eigenvalue weighted by Crippen LogP contribution is -2.29. The minimum absolute atomic E-state index is 0.0743. The molecule has 0 spiro atoms. The van der Waals surface area contributed by atoms with Crippen LogP contribution in [0.15, 0.2) is 40.7 Å². The van der Waals surface area contributed by atoms with Gasteiger partial charge in [-0.05, 0) is 54.9 Å². The zero-order chi connectivity index (χ0) is 19.7. The Morgan fingerprint density at radius 2 is 1.85 bits per heavy atom. The second-order valence-electron chi connectivity index (χ2n) is 6.41. The molecule has 1 aliphatic rings. The van der Waals surface area contributed by atoms with Gasteiger partial charge in [-0.15, -0.1) is 0 Å². The Morgan fingerprint density at radius 3 is 2.38 bits per heavy atom. The average molecular weight is 390 g/mol. The number of alkyl halides is 3. The molecule has 0 radical (unpaired) electrons. The third-order valence-corrected chi connectivity index (χ3v) is 6.72. The highest BCUT2D eigenvalue weighted by Gasteiger charge is 2.33. The maximum Gasteiger partial charge on any atom is 0.416 e. The number of ketones is 1. The van der Waals surface area contributed by atoms with E-state index in [1.807, 2.05) is 0 Å². The number of thiol groups is 1. The van der Waals surface area contributed by atoms with Gasteiger partial charge in [-0.25, -0.2) is 4.39 Å². The summed E-state index contributed by atoms with van der Waals surface area (Å²) in [6.07, 6.45) is -2.73. The van der Waals surface area contributed by atoms with E-state index in [1.54, 1.807) is 30.7 Å². The van der Waals surface area contributed by atoms with Crippen LogP contribution in [-0.4, -0.2) is 21.6 Å². The van der Waals surface area contributed by atoms with Crippen LogP contribution in [0.1, 0.15) is 42.6 Å². The molecule has 0 amide bonds. The van der Waals surface area contributed by atoms with Gasteiger partial charge in [-0.1, -0.05) is 6.08 Å². The summed E-state index contributed by atoms with van der Waals surface area (Å²) in [5.74, 6) is -2.72. The van der Waals surface area contributed by atoms with Crippen molar-refractivity contribution in [2.24, 2.45) is 0 Å². The number of carbonyl (C=O) groups is 2. The Balaban J connectivity index is 2.04. The van der Waals surface area contributed by atoms with Crippen LogP contribution in [-0.2, 0) is 11.0 Å². The number of carboxylic acid groups (broad SMARTS) is 1. The minimum Gasteiger partial charge on any atom is -0.480 e. The predicted molar refractivity (Wildman–Crippen MR) is 92.9 cm³/mol. The van der Waals surface area contributed by atoms with Crippen LogP contribution in [0, 0.1) is 5.82 Å². The second kappa shape index (κ2) is 7.26. The first-order chi connectivity index (χ1) is 11.9. The fourth-order valence-corrected chi connectivity index (χ4v) is 4.28. The second-order valence-corrected chi connectivity index (χ2v) is 8.90. The summed E-state index contributed by atoms with van der Waals surface area (Å²) < 4.78 is 50.5. The quantitative estimate of drug-likeness (QED) is 0.404. The van der Waals surface area contributed by atoms with Crippen molar-refractivity contribution in [1.29, 1.82) is 0 Å². The first-order valence-electron chi connectivity index (χ1n) is 7.73. The zero-order valence-corrected chi connectivity index (χ0v) is 15.0. The zero-order valence-electron chi connectivity index (χ0n) is 14.1. The lowest BCUT2D eigenvalue weighted by atomic mass is 10.0. The van der Waals surface area contributed by atoms with Crippen molar-refractivity contribution in [3.05, 3.63) is 57.6 Å².